The van der Waals surface area contributed by atoms with Crippen molar-refractivity contribution in [1.82, 2.24) is 24.9 Å². The zero-order valence-corrected chi connectivity index (χ0v) is 17.7. The first-order valence-electron chi connectivity index (χ1n) is 9.59. The molecular weight excluding hydrogens is 411 g/mol. The number of rotatable bonds is 8. The Morgan fingerprint density at radius 2 is 2.07 bits per heavy atom. The van der Waals surface area contributed by atoms with Crippen LogP contribution in [0.4, 0.5) is 10.1 Å². The number of anilines is 1. The predicted octanol–water partition coefficient (Wildman–Crippen LogP) is 3.11. The van der Waals surface area contributed by atoms with E-state index in [2.05, 4.69) is 25.7 Å². The molecule has 0 aliphatic rings. The van der Waals surface area contributed by atoms with Crippen LogP contribution in [-0.4, -0.2) is 55.5 Å². The lowest BCUT2D eigenvalue weighted by Gasteiger charge is -2.22. The molecule has 0 radical (unpaired) electrons. The van der Waals surface area contributed by atoms with Crippen molar-refractivity contribution in [2.45, 2.75) is 39.0 Å². The molecule has 3 aromatic rings. The van der Waals surface area contributed by atoms with E-state index in [-0.39, 0.29) is 12.1 Å². The summed E-state index contributed by atoms with van der Waals surface area (Å²) in [6.45, 7) is 5.04. The maximum atomic E-state index is 14.0. The Labute approximate surface area is 178 Å². The van der Waals surface area contributed by atoms with E-state index in [9.17, 15) is 14.3 Å². The van der Waals surface area contributed by atoms with Gasteiger partial charge in [0.25, 0.3) is 5.91 Å². The second-order valence-electron chi connectivity index (χ2n) is 7.46. The number of carbonyl (C=O) groups is 1. The van der Waals surface area contributed by atoms with Gasteiger partial charge in [-0.15, -0.1) is 0 Å². The van der Waals surface area contributed by atoms with E-state index < -0.39 is 17.7 Å². The van der Waals surface area contributed by atoms with Crippen LogP contribution in [0.3, 0.4) is 0 Å². The third-order valence-electron chi connectivity index (χ3n) is 4.51. The van der Waals surface area contributed by atoms with E-state index in [0.717, 1.165) is 6.42 Å². The van der Waals surface area contributed by atoms with Crippen molar-refractivity contribution in [3.63, 3.8) is 0 Å². The van der Waals surface area contributed by atoms with Gasteiger partial charge in [0.1, 0.15) is 11.9 Å². The van der Waals surface area contributed by atoms with E-state index in [1.165, 1.54) is 26.2 Å². The maximum absolute atomic E-state index is 14.0. The summed E-state index contributed by atoms with van der Waals surface area (Å²) < 4.78 is 15.6. The van der Waals surface area contributed by atoms with E-state index >= 15 is 0 Å². The lowest BCUT2D eigenvalue weighted by molar-refractivity contribution is -0.00177. The molecule has 0 spiro atoms. The number of hydrogen-bond donors (Lipinski definition) is 3. The summed E-state index contributed by atoms with van der Waals surface area (Å²) in [7, 11) is 0. The fraction of sp³-hybridized carbons (Fsp3) is 0.400. The molecule has 0 fully saturated rings. The standard InChI is InChI=1S/C20H24ClFN6O2/c1-4-5-23-14-7-15(16-10-25-18-6-12(21)8-27-28(16)18)24-9-13(14)19(29)26-11-17(22)20(2,3)30/h6-10,17,30H,4-5,11H2,1-3H3,(H,23,24)(H,26,29)/t17-/m1/s1. The highest BCUT2D eigenvalue weighted by molar-refractivity contribution is 6.30. The van der Waals surface area contributed by atoms with Gasteiger partial charge >= 0.3 is 0 Å². The lowest BCUT2D eigenvalue weighted by Crippen LogP contribution is -2.42. The van der Waals surface area contributed by atoms with Gasteiger partial charge in [-0.05, 0) is 26.3 Å². The van der Waals surface area contributed by atoms with Gasteiger partial charge in [0.05, 0.1) is 46.5 Å². The quantitative estimate of drug-likeness (QED) is 0.503. The van der Waals surface area contributed by atoms with Crippen LogP contribution in [-0.2, 0) is 0 Å². The molecule has 0 saturated heterocycles. The van der Waals surface area contributed by atoms with Crippen LogP contribution in [0.15, 0.2) is 30.7 Å². The van der Waals surface area contributed by atoms with Crippen molar-refractivity contribution in [1.29, 1.82) is 0 Å². The molecule has 0 saturated carbocycles. The number of fused-ring (bicyclic) bond motifs is 1. The average Bonchev–Trinajstić information content (AvgIpc) is 3.12. The first-order chi connectivity index (χ1) is 14.2. The Kier molecular flexibility index (Phi) is 6.52. The van der Waals surface area contributed by atoms with Gasteiger partial charge in [-0.25, -0.2) is 13.9 Å². The Morgan fingerprint density at radius 3 is 2.77 bits per heavy atom. The van der Waals surface area contributed by atoms with Crippen LogP contribution in [0.25, 0.3) is 17.0 Å². The largest absolute Gasteiger partial charge is 0.387 e. The van der Waals surface area contributed by atoms with Crippen molar-refractivity contribution in [2.75, 3.05) is 18.4 Å². The maximum Gasteiger partial charge on any atom is 0.255 e. The molecule has 3 rings (SSSR count). The summed E-state index contributed by atoms with van der Waals surface area (Å²) in [4.78, 5) is 21.3. The van der Waals surface area contributed by atoms with Crippen molar-refractivity contribution >= 4 is 28.8 Å². The number of pyridine rings is 1. The monoisotopic (exact) mass is 434 g/mol. The van der Waals surface area contributed by atoms with Gasteiger partial charge in [0.15, 0.2) is 5.65 Å². The summed E-state index contributed by atoms with van der Waals surface area (Å²) in [5.74, 6) is -0.484. The van der Waals surface area contributed by atoms with Gasteiger partial charge in [-0.1, -0.05) is 18.5 Å². The molecule has 0 aliphatic carbocycles. The molecule has 0 bridgehead atoms. The molecule has 1 atom stereocenters. The highest BCUT2D eigenvalue weighted by atomic mass is 35.5. The van der Waals surface area contributed by atoms with Crippen LogP contribution in [0, 0.1) is 0 Å². The molecule has 160 valence electrons. The van der Waals surface area contributed by atoms with Gasteiger partial charge in [-0.2, -0.15) is 5.10 Å². The third kappa shape index (κ3) is 4.85. The van der Waals surface area contributed by atoms with E-state index in [1.54, 1.807) is 22.8 Å². The SMILES string of the molecule is CCCNc1cc(-c2cnc3cc(Cl)cnn23)ncc1C(=O)NC[C@@H](F)C(C)(C)O. The summed E-state index contributed by atoms with van der Waals surface area (Å²) in [6.07, 6.45) is 3.81. The Bertz CT molecular complexity index is 1050. The summed E-state index contributed by atoms with van der Waals surface area (Å²) in [6, 6.07) is 3.42. The van der Waals surface area contributed by atoms with Crippen molar-refractivity contribution in [3.8, 4) is 11.4 Å². The zero-order valence-electron chi connectivity index (χ0n) is 17.0. The second-order valence-corrected chi connectivity index (χ2v) is 7.90. The molecule has 8 nitrogen and oxygen atoms in total. The summed E-state index contributed by atoms with van der Waals surface area (Å²) in [5.41, 5.74) is 1.07. The van der Waals surface area contributed by atoms with Gasteiger partial charge in [-0.3, -0.25) is 9.78 Å². The minimum atomic E-state index is -1.60. The fourth-order valence-corrected chi connectivity index (χ4v) is 2.88. The number of halogens is 2. The van der Waals surface area contributed by atoms with Crippen LogP contribution in [0.5, 0.6) is 0 Å². The number of aliphatic hydroxyl groups is 1. The molecule has 3 aromatic heterocycles. The molecule has 1 amide bonds. The third-order valence-corrected chi connectivity index (χ3v) is 4.72. The van der Waals surface area contributed by atoms with Crippen LogP contribution >= 0.6 is 11.6 Å². The molecular formula is C20H24ClFN6O2. The number of alkyl halides is 1. The number of amides is 1. The molecule has 0 unspecified atom stereocenters. The molecule has 3 heterocycles. The minimum Gasteiger partial charge on any atom is -0.387 e. The lowest BCUT2D eigenvalue weighted by atomic mass is 10.0. The predicted molar refractivity (Wildman–Crippen MR) is 114 cm³/mol. The van der Waals surface area contributed by atoms with E-state index in [1.807, 2.05) is 6.92 Å². The van der Waals surface area contributed by atoms with Crippen LogP contribution < -0.4 is 10.6 Å². The molecule has 10 heteroatoms. The van der Waals surface area contributed by atoms with Crippen molar-refractivity contribution < 1.29 is 14.3 Å². The van der Waals surface area contributed by atoms with E-state index in [0.29, 0.717) is 34.3 Å². The number of carbonyl (C=O) groups excluding carboxylic acids is 1. The zero-order chi connectivity index (χ0) is 21.9. The highest BCUT2D eigenvalue weighted by Crippen LogP contribution is 2.25. The van der Waals surface area contributed by atoms with E-state index in [4.69, 9.17) is 11.6 Å². The van der Waals surface area contributed by atoms with Crippen molar-refractivity contribution in [3.05, 3.63) is 41.3 Å². The Morgan fingerprint density at radius 1 is 1.30 bits per heavy atom. The smallest absolute Gasteiger partial charge is 0.255 e. The van der Waals surface area contributed by atoms with Crippen LogP contribution in [0.2, 0.25) is 5.02 Å². The molecule has 0 aromatic carbocycles. The number of nitrogens with zero attached hydrogens (tertiary/aromatic N) is 4. The minimum absolute atomic E-state index is 0.278. The summed E-state index contributed by atoms with van der Waals surface area (Å²) in [5, 5.41) is 20.2. The normalized spacial score (nSPS) is 12.7. The van der Waals surface area contributed by atoms with Gasteiger partial charge in [0.2, 0.25) is 0 Å². The molecule has 0 aliphatic heterocycles. The summed E-state index contributed by atoms with van der Waals surface area (Å²) >= 11 is 5.96. The average molecular weight is 435 g/mol. The molecule has 3 N–H and O–H groups in total. The molecule has 30 heavy (non-hydrogen) atoms. The number of hydrogen-bond acceptors (Lipinski definition) is 6. The topological polar surface area (TPSA) is 104 Å². The number of aromatic nitrogens is 4. The first kappa shape index (κ1) is 21.9. The van der Waals surface area contributed by atoms with Gasteiger partial charge in [0, 0.05) is 18.8 Å². The van der Waals surface area contributed by atoms with Gasteiger partial charge < -0.3 is 15.7 Å². The number of nitrogens with one attached hydrogen (secondary N) is 2. The van der Waals surface area contributed by atoms with Crippen molar-refractivity contribution in [2.24, 2.45) is 0 Å². The Balaban J connectivity index is 1.90. The highest BCUT2D eigenvalue weighted by Gasteiger charge is 2.27. The first-order valence-corrected chi connectivity index (χ1v) is 9.96. The Hall–Kier alpha value is -2.78. The number of imidazole rings is 1. The van der Waals surface area contributed by atoms with Crippen LogP contribution in [0.1, 0.15) is 37.6 Å². The second kappa shape index (κ2) is 8.93. The fourth-order valence-electron chi connectivity index (χ4n) is 2.74.